The molecule has 19 heavy (non-hydrogen) atoms. The van der Waals surface area contributed by atoms with E-state index in [-0.39, 0.29) is 11.3 Å². The molecule has 0 heterocycles. The van der Waals surface area contributed by atoms with Crippen LogP contribution in [-0.2, 0) is 0 Å². The first-order valence-corrected chi connectivity index (χ1v) is 7.21. The highest BCUT2D eigenvalue weighted by Gasteiger charge is 2.27. The maximum atomic E-state index is 12.1. The number of nitrogens with two attached hydrogens (primary N) is 1. The fourth-order valence-electron chi connectivity index (χ4n) is 2.72. The van der Waals surface area contributed by atoms with Crippen molar-refractivity contribution in [1.82, 2.24) is 5.32 Å². The van der Waals surface area contributed by atoms with Crippen LogP contribution in [0.2, 0.25) is 5.02 Å². The zero-order valence-corrected chi connectivity index (χ0v) is 12.1. The lowest BCUT2D eigenvalue weighted by Crippen LogP contribution is -2.37. The van der Waals surface area contributed by atoms with Gasteiger partial charge in [0.2, 0.25) is 0 Å². The Labute approximate surface area is 119 Å². The second kappa shape index (κ2) is 5.83. The molecule has 0 aliphatic heterocycles. The maximum absolute atomic E-state index is 12.1. The highest BCUT2D eigenvalue weighted by molar-refractivity contribution is 6.31. The minimum atomic E-state index is -0.0963. The van der Waals surface area contributed by atoms with Gasteiger partial charge in [0.05, 0.1) is 0 Å². The molecule has 0 spiro atoms. The minimum absolute atomic E-state index is 0.0963. The number of benzene rings is 1. The smallest absolute Gasteiger partial charge is 0.251 e. The molecule has 2 rings (SSSR count). The first kappa shape index (κ1) is 14.2. The number of carbonyl (C=O) groups excluding carboxylic acids is 1. The molecule has 0 saturated heterocycles. The first-order valence-electron chi connectivity index (χ1n) is 6.83. The number of amides is 1. The summed E-state index contributed by atoms with van der Waals surface area (Å²) < 4.78 is 0. The van der Waals surface area contributed by atoms with Crippen LogP contribution in [0.5, 0.6) is 0 Å². The van der Waals surface area contributed by atoms with Crippen molar-refractivity contribution < 1.29 is 4.79 Å². The van der Waals surface area contributed by atoms with Crippen LogP contribution < -0.4 is 11.1 Å². The number of hydrogen-bond acceptors (Lipinski definition) is 2. The number of rotatable bonds is 3. The third-order valence-corrected chi connectivity index (χ3v) is 4.14. The fraction of sp³-hybridized carbons (Fsp3) is 0.533. The lowest BCUT2D eigenvalue weighted by molar-refractivity contribution is 0.0919. The second-order valence-electron chi connectivity index (χ2n) is 5.83. The number of carbonyl (C=O) groups is 1. The first-order chi connectivity index (χ1) is 8.98. The maximum Gasteiger partial charge on any atom is 0.251 e. The Morgan fingerprint density at radius 2 is 2.00 bits per heavy atom. The minimum Gasteiger partial charge on any atom is -0.399 e. The zero-order valence-electron chi connectivity index (χ0n) is 11.3. The summed E-state index contributed by atoms with van der Waals surface area (Å²) in [7, 11) is 0. The van der Waals surface area contributed by atoms with Crippen molar-refractivity contribution in [3.8, 4) is 0 Å². The van der Waals surface area contributed by atoms with E-state index >= 15 is 0 Å². The highest BCUT2D eigenvalue weighted by atomic mass is 35.5. The highest BCUT2D eigenvalue weighted by Crippen LogP contribution is 2.35. The Bertz CT molecular complexity index is 447. The molecular formula is C15H21ClN2O. The number of nitrogens with one attached hydrogen (secondary N) is 1. The molecule has 1 saturated carbocycles. The van der Waals surface area contributed by atoms with Crippen LogP contribution >= 0.6 is 11.6 Å². The number of nitrogen functional groups attached to an aromatic ring is 1. The van der Waals surface area contributed by atoms with Crippen LogP contribution in [0, 0.1) is 5.41 Å². The summed E-state index contributed by atoms with van der Waals surface area (Å²) in [6, 6.07) is 4.95. The van der Waals surface area contributed by atoms with E-state index in [9.17, 15) is 4.79 Å². The Balaban J connectivity index is 1.97. The molecule has 0 unspecified atom stereocenters. The molecule has 1 aromatic rings. The molecule has 1 fully saturated rings. The van der Waals surface area contributed by atoms with E-state index in [1.165, 1.54) is 32.1 Å². The van der Waals surface area contributed by atoms with Crippen LogP contribution in [0.25, 0.3) is 0 Å². The van der Waals surface area contributed by atoms with Gasteiger partial charge in [-0.2, -0.15) is 0 Å². The normalized spacial score (nSPS) is 18.0. The average Bonchev–Trinajstić information content (AvgIpc) is 2.36. The van der Waals surface area contributed by atoms with E-state index in [4.69, 9.17) is 17.3 Å². The Kier molecular flexibility index (Phi) is 4.35. The lowest BCUT2D eigenvalue weighted by atomic mass is 9.76. The lowest BCUT2D eigenvalue weighted by Gasteiger charge is -2.33. The van der Waals surface area contributed by atoms with Gasteiger partial charge in [-0.05, 0) is 36.5 Å². The topological polar surface area (TPSA) is 55.1 Å². The van der Waals surface area contributed by atoms with Gasteiger partial charge in [0, 0.05) is 22.8 Å². The molecule has 1 aromatic carbocycles. The number of hydrogen-bond donors (Lipinski definition) is 2. The molecule has 4 heteroatoms. The van der Waals surface area contributed by atoms with E-state index in [1.54, 1.807) is 18.2 Å². The van der Waals surface area contributed by atoms with Crippen LogP contribution in [0.15, 0.2) is 18.2 Å². The standard InChI is InChI=1S/C15H21ClN2O/c1-15(5-3-2-4-6-15)10-18-14(19)11-7-12(16)9-13(17)8-11/h7-9H,2-6,10,17H2,1H3,(H,18,19). The van der Waals surface area contributed by atoms with E-state index in [0.29, 0.717) is 16.3 Å². The summed E-state index contributed by atoms with van der Waals surface area (Å²) in [5, 5.41) is 3.50. The molecule has 1 amide bonds. The van der Waals surface area contributed by atoms with Gasteiger partial charge < -0.3 is 11.1 Å². The summed E-state index contributed by atoms with van der Waals surface area (Å²) in [6.07, 6.45) is 6.21. The largest absolute Gasteiger partial charge is 0.399 e. The Morgan fingerprint density at radius 3 is 2.63 bits per heavy atom. The van der Waals surface area contributed by atoms with Crippen molar-refractivity contribution in [2.75, 3.05) is 12.3 Å². The van der Waals surface area contributed by atoms with E-state index in [0.717, 1.165) is 6.54 Å². The Morgan fingerprint density at radius 1 is 1.32 bits per heavy atom. The van der Waals surface area contributed by atoms with E-state index in [1.807, 2.05) is 0 Å². The molecule has 104 valence electrons. The van der Waals surface area contributed by atoms with Gasteiger partial charge >= 0.3 is 0 Å². The molecule has 1 aliphatic rings. The predicted octanol–water partition coefficient (Wildman–Crippen LogP) is 3.62. The number of halogens is 1. The average molecular weight is 281 g/mol. The number of anilines is 1. The second-order valence-corrected chi connectivity index (χ2v) is 6.26. The monoisotopic (exact) mass is 280 g/mol. The van der Waals surface area contributed by atoms with Crippen molar-refractivity contribution in [2.45, 2.75) is 39.0 Å². The van der Waals surface area contributed by atoms with Gasteiger partial charge in [-0.15, -0.1) is 0 Å². The summed E-state index contributed by atoms with van der Waals surface area (Å²) in [5.74, 6) is -0.0963. The van der Waals surface area contributed by atoms with Crippen molar-refractivity contribution in [1.29, 1.82) is 0 Å². The molecule has 0 bridgehead atoms. The summed E-state index contributed by atoms with van der Waals surface area (Å²) in [4.78, 5) is 12.1. The van der Waals surface area contributed by atoms with Crippen molar-refractivity contribution in [3.05, 3.63) is 28.8 Å². The van der Waals surface area contributed by atoms with E-state index in [2.05, 4.69) is 12.2 Å². The molecule has 0 radical (unpaired) electrons. The molecule has 0 atom stereocenters. The zero-order chi connectivity index (χ0) is 13.9. The van der Waals surface area contributed by atoms with Crippen molar-refractivity contribution in [3.63, 3.8) is 0 Å². The summed E-state index contributed by atoms with van der Waals surface area (Å²) in [6.45, 7) is 2.97. The van der Waals surface area contributed by atoms with Crippen LogP contribution in [0.4, 0.5) is 5.69 Å². The quantitative estimate of drug-likeness (QED) is 0.831. The van der Waals surface area contributed by atoms with Crippen molar-refractivity contribution in [2.24, 2.45) is 5.41 Å². The van der Waals surface area contributed by atoms with Crippen LogP contribution in [-0.4, -0.2) is 12.5 Å². The van der Waals surface area contributed by atoms with Gasteiger partial charge in [-0.3, -0.25) is 4.79 Å². The van der Waals surface area contributed by atoms with Gasteiger partial charge in [0.25, 0.3) is 5.91 Å². The van der Waals surface area contributed by atoms with Crippen LogP contribution in [0.3, 0.4) is 0 Å². The molecule has 0 aromatic heterocycles. The summed E-state index contributed by atoms with van der Waals surface area (Å²) >= 11 is 5.91. The van der Waals surface area contributed by atoms with Gasteiger partial charge in [0.15, 0.2) is 0 Å². The third-order valence-electron chi connectivity index (χ3n) is 3.92. The van der Waals surface area contributed by atoms with Gasteiger partial charge in [-0.25, -0.2) is 0 Å². The molecule has 1 aliphatic carbocycles. The van der Waals surface area contributed by atoms with Crippen molar-refractivity contribution >= 4 is 23.2 Å². The predicted molar refractivity (Wildman–Crippen MR) is 79.4 cm³/mol. The molecule has 3 nitrogen and oxygen atoms in total. The third kappa shape index (κ3) is 3.87. The Hall–Kier alpha value is -1.22. The van der Waals surface area contributed by atoms with Gasteiger partial charge in [-0.1, -0.05) is 37.8 Å². The molecular weight excluding hydrogens is 260 g/mol. The summed E-state index contributed by atoms with van der Waals surface area (Å²) in [5.41, 5.74) is 6.98. The van der Waals surface area contributed by atoms with Crippen LogP contribution in [0.1, 0.15) is 49.4 Å². The van der Waals surface area contributed by atoms with E-state index < -0.39 is 0 Å². The van der Waals surface area contributed by atoms with Gasteiger partial charge in [0.1, 0.15) is 0 Å². The fourth-order valence-corrected chi connectivity index (χ4v) is 2.96. The SMILES string of the molecule is CC1(CNC(=O)c2cc(N)cc(Cl)c2)CCCCC1. The molecule has 3 N–H and O–H groups in total.